The zero-order chi connectivity index (χ0) is 12.8. The maximum atomic E-state index is 11.7. The number of carbonyl (C=O) groups excluding carboxylic acids is 1. The smallest absolute Gasteiger partial charge is 0.267 e. The number of aromatic nitrogens is 1. The van der Waals surface area contributed by atoms with Crippen LogP contribution in [0.25, 0.3) is 0 Å². The van der Waals surface area contributed by atoms with Crippen LogP contribution in [0.2, 0.25) is 0 Å². The van der Waals surface area contributed by atoms with Crippen molar-refractivity contribution in [2.45, 2.75) is 25.3 Å². The first-order chi connectivity index (χ1) is 8.81. The molecule has 0 spiro atoms. The van der Waals surface area contributed by atoms with E-state index >= 15 is 0 Å². The Bertz CT molecular complexity index is 364. The molecule has 1 atom stereocenters. The Morgan fingerprint density at radius 3 is 3.17 bits per heavy atom. The lowest BCUT2D eigenvalue weighted by Gasteiger charge is -2.34. The Morgan fingerprint density at radius 1 is 1.56 bits per heavy atom. The van der Waals surface area contributed by atoms with Crippen LogP contribution in [0.5, 0.6) is 0 Å². The van der Waals surface area contributed by atoms with Crippen LogP contribution < -0.4 is 5.32 Å². The maximum absolute atomic E-state index is 11.7. The van der Waals surface area contributed by atoms with Crippen LogP contribution in [0.4, 0.5) is 0 Å². The number of H-pyrrole nitrogens is 1. The molecule has 100 valence electrons. The number of rotatable bonds is 5. The van der Waals surface area contributed by atoms with Gasteiger partial charge in [0, 0.05) is 25.3 Å². The lowest BCUT2D eigenvalue weighted by molar-refractivity contribution is 0.0847. The van der Waals surface area contributed by atoms with Crippen molar-refractivity contribution >= 4 is 5.91 Å². The molecule has 3 N–H and O–H groups in total. The third-order valence-electron chi connectivity index (χ3n) is 3.49. The van der Waals surface area contributed by atoms with Gasteiger partial charge in [-0.1, -0.05) is 6.42 Å². The highest BCUT2D eigenvalue weighted by molar-refractivity contribution is 5.92. The van der Waals surface area contributed by atoms with Gasteiger partial charge in [-0.3, -0.25) is 9.69 Å². The molecule has 5 heteroatoms. The summed E-state index contributed by atoms with van der Waals surface area (Å²) in [5.41, 5.74) is 0.590. The fourth-order valence-electron chi connectivity index (χ4n) is 2.44. The number of nitrogens with one attached hydrogen (secondary N) is 2. The average Bonchev–Trinajstić information content (AvgIpc) is 2.93. The van der Waals surface area contributed by atoms with Gasteiger partial charge >= 0.3 is 0 Å². The molecule has 1 aromatic rings. The predicted octanol–water partition coefficient (Wildman–Crippen LogP) is 0.591. The van der Waals surface area contributed by atoms with Gasteiger partial charge in [0.1, 0.15) is 5.69 Å². The largest absolute Gasteiger partial charge is 0.395 e. The second kappa shape index (κ2) is 6.56. The number of carbonyl (C=O) groups is 1. The van der Waals surface area contributed by atoms with Gasteiger partial charge in [0.2, 0.25) is 0 Å². The number of nitrogens with zero attached hydrogens (tertiary/aromatic N) is 1. The second-order valence-electron chi connectivity index (χ2n) is 4.71. The van der Waals surface area contributed by atoms with E-state index in [1.807, 2.05) is 0 Å². The van der Waals surface area contributed by atoms with Crippen molar-refractivity contribution in [3.05, 3.63) is 24.0 Å². The van der Waals surface area contributed by atoms with Gasteiger partial charge in [-0.2, -0.15) is 0 Å². The molecular formula is C13H21N3O2. The third-order valence-corrected chi connectivity index (χ3v) is 3.49. The van der Waals surface area contributed by atoms with E-state index < -0.39 is 0 Å². The zero-order valence-electron chi connectivity index (χ0n) is 10.6. The summed E-state index contributed by atoms with van der Waals surface area (Å²) in [5.74, 6) is -0.0717. The molecule has 0 unspecified atom stereocenters. The highest BCUT2D eigenvalue weighted by Gasteiger charge is 2.21. The summed E-state index contributed by atoms with van der Waals surface area (Å²) in [6.07, 6.45) is 5.17. The minimum Gasteiger partial charge on any atom is -0.395 e. The van der Waals surface area contributed by atoms with Gasteiger partial charge in [-0.05, 0) is 31.5 Å². The number of hydrogen-bond acceptors (Lipinski definition) is 3. The molecule has 1 aromatic heterocycles. The van der Waals surface area contributed by atoms with Crippen molar-refractivity contribution in [1.82, 2.24) is 15.2 Å². The molecule has 0 bridgehead atoms. The topological polar surface area (TPSA) is 68.4 Å². The number of piperidine rings is 1. The second-order valence-corrected chi connectivity index (χ2v) is 4.71. The number of aromatic amines is 1. The fraction of sp³-hybridized carbons (Fsp3) is 0.615. The van der Waals surface area contributed by atoms with E-state index in [2.05, 4.69) is 15.2 Å². The van der Waals surface area contributed by atoms with Crippen LogP contribution in [0.1, 0.15) is 29.8 Å². The molecule has 1 saturated heterocycles. The molecule has 0 saturated carbocycles. The Kier molecular flexibility index (Phi) is 4.78. The average molecular weight is 251 g/mol. The Morgan fingerprint density at radius 2 is 2.44 bits per heavy atom. The van der Waals surface area contributed by atoms with E-state index in [4.69, 9.17) is 0 Å². The van der Waals surface area contributed by atoms with Crippen molar-refractivity contribution in [3.8, 4) is 0 Å². The lowest BCUT2D eigenvalue weighted by atomic mass is 10.0. The van der Waals surface area contributed by atoms with Crippen LogP contribution in [-0.2, 0) is 0 Å². The van der Waals surface area contributed by atoms with Crippen LogP contribution in [0.3, 0.4) is 0 Å². The molecule has 2 heterocycles. The van der Waals surface area contributed by atoms with Crippen molar-refractivity contribution in [1.29, 1.82) is 0 Å². The summed E-state index contributed by atoms with van der Waals surface area (Å²) in [7, 11) is 0. The van der Waals surface area contributed by atoms with E-state index in [9.17, 15) is 9.90 Å². The fourth-order valence-corrected chi connectivity index (χ4v) is 2.44. The van der Waals surface area contributed by atoms with Gasteiger partial charge < -0.3 is 15.4 Å². The summed E-state index contributed by atoms with van der Waals surface area (Å²) in [5, 5.41) is 12.2. The van der Waals surface area contributed by atoms with Gasteiger partial charge in [0.05, 0.1) is 6.61 Å². The molecule has 0 radical (unpaired) electrons. The molecule has 1 fully saturated rings. The monoisotopic (exact) mass is 251 g/mol. The minimum absolute atomic E-state index is 0.0717. The quantitative estimate of drug-likeness (QED) is 0.717. The first kappa shape index (κ1) is 13.1. The predicted molar refractivity (Wildman–Crippen MR) is 69.4 cm³/mol. The molecular weight excluding hydrogens is 230 g/mol. The van der Waals surface area contributed by atoms with Crippen LogP contribution >= 0.6 is 0 Å². The van der Waals surface area contributed by atoms with Gasteiger partial charge in [0.15, 0.2) is 0 Å². The number of hydrogen-bond donors (Lipinski definition) is 3. The van der Waals surface area contributed by atoms with E-state index in [1.54, 1.807) is 18.3 Å². The van der Waals surface area contributed by atoms with Gasteiger partial charge in [-0.15, -0.1) is 0 Å². The molecule has 1 aliphatic heterocycles. The molecule has 5 nitrogen and oxygen atoms in total. The van der Waals surface area contributed by atoms with Crippen LogP contribution in [-0.4, -0.2) is 53.2 Å². The van der Waals surface area contributed by atoms with Gasteiger partial charge in [0.25, 0.3) is 5.91 Å². The molecule has 0 aliphatic carbocycles. The summed E-state index contributed by atoms with van der Waals surface area (Å²) < 4.78 is 0. The van der Waals surface area contributed by atoms with E-state index in [0.717, 1.165) is 19.5 Å². The minimum atomic E-state index is -0.0717. The van der Waals surface area contributed by atoms with Crippen molar-refractivity contribution in [2.75, 3.05) is 26.2 Å². The number of amides is 1. The van der Waals surface area contributed by atoms with E-state index in [1.165, 1.54) is 12.8 Å². The Hall–Kier alpha value is -1.33. The number of aliphatic hydroxyl groups is 1. The summed E-state index contributed by atoms with van der Waals surface area (Å²) in [6, 6.07) is 3.83. The lowest BCUT2D eigenvalue weighted by Crippen LogP contribution is -2.45. The highest BCUT2D eigenvalue weighted by Crippen LogP contribution is 2.15. The molecule has 1 amide bonds. The first-order valence-corrected chi connectivity index (χ1v) is 6.58. The first-order valence-electron chi connectivity index (χ1n) is 6.58. The zero-order valence-corrected chi connectivity index (χ0v) is 10.6. The van der Waals surface area contributed by atoms with Crippen LogP contribution in [0.15, 0.2) is 18.3 Å². The number of likely N-dealkylation sites (tertiary alicyclic amines) is 1. The normalized spacial score (nSPS) is 20.8. The highest BCUT2D eigenvalue weighted by atomic mass is 16.3. The molecule has 0 aromatic carbocycles. The van der Waals surface area contributed by atoms with E-state index in [0.29, 0.717) is 12.2 Å². The standard InChI is InChI=1S/C13H21N3O2/c17-10-11-4-1-2-8-16(11)9-7-15-13(18)12-5-3-6-14-12/h3,5-6,11,14,17H,1-2,4,7-10H2,(H,15,18)/t11-/m0/s1. The van der Waals surface area contributed by atoms with Crippen molar-refractivity contribution in [3.63, 3.8) is 0 Å². The summed E-state index contributed by atoms with van der Waals surface area (Å²) in [4.78, 5) is 16.8. The molecule has 1 aliphatic rings. The number of aliphatic hydroxyl groups excluding tert-OH is 1. The van der Waals surface area contributed by atoms with Crippen LogP contribution in [0, 0.1) is 0 Å². The maximum Gasteiger partial charge on any atom is 0.267 e. The molecule has 2 rings (SSSR count). The molecule has 18 heavy (non-hydrogen) atoms. The summed E-state index contributed by atoms with van der Waals surface area (Å²) >= 11 is 0. The van der Waals surface area contributed by atoms with Crippen molar-refractivity contribution in [2.24, 2.45) is 0 Å². The van der Waals surface area contributed by atoms with Gasteiger partial charge in [-0.25, -0.2) is 0 Å². The summed E-state index contributed by atoms with van der Waals surface area (Å²) in [6.45, 7) is 2.65. The third kappa shape index (κ3) is 3.34. The Balaban J connectivity index is 1.72. The Labute approximate surface area is 107 Å². The SMILES string of the molecule is O=C(NCCN1CCCC[C@H]1CO)c1ccc[nH]1. The van der Waals surface area contributed by atoms with Crippen molar-refractivity contribution < 1.29 is 9.90 Å². The van der Waals surface area contributed by atoms with E-state index in [-0.39, 0.29) is 18.6 Å².